The minimum atomic E-state index is -3.75. The summed E-state index contributed by atoms with van der Waals surface area (Å²) in [6.45, 7) is 0.448. The maximum Gasteiger partial charge on any atom is 0.263 e. The van der Waals surface area contributed by atoms with Crippen LogP contribution in [-0.2, 0) is 14.8 Å². The summed E-state index contributed by atoms with van der Waals surface area (Å²) in [4.78, 5) is 3.95. The van der Waals surface area contributed by atoms with Crippen molar-refractivity contribution in [2.45, 2.75) is 11.1 Å². The van der Waals surface area contributed by atoms with Crippen LogP contribution in [0.3, 0.4) is 0 Å². The van der Waals surface area contributed by atoms with E-state index in [2.05, 4.69) is 10.3 Å². The number of hydrogen-bond donors (Lipinski definition) is 2. The molecule has 1 saturated heterocycles. The van der Waals surface area contributed by atoms with Crippen molar-refractivity contribution in [3.05, 3.63) is 18.3 Å². The Hall–Kier alpha value is -1.22. The van der Waals surface area contributed by atoms with E-state index in [0.717, 1.165) is 0 Å². The molecular weight excluding hydrogens is 270 g/mol. The smallest absolute Gasteiger partial charge is 0.263 e. The van der Waals surface area contributed by atoms with E-state index in [4.69, 9.17) is 4.74 Å². The summed E-state index contributed by atoms with van der Waals surface area (Å²) in [5, 5.41) is 12.1. The molecule has 1 aromatic heterocycles. The molecule has 7 nitrogen and oxygen atoms in total. The molecule has 0 saturated carbocycles. The van der Waals surface area contributed by atoms with E-state index in [1.807, 2.05) is 0 Å². The zero-order valence-corrected chi connectivity index (χ0v) is 11.4. The average Bonchev–Trinajstić information content (AvgIpc) is 2.47. The molecule has 1 unspecified atom stereocenters. The van der Waals surface area contributed by atoms with Gasteiger partial charge in [-0.2, -0.15) is 4.31 Å². The fourth-order valence-corrected chi connectivity index (χ4v) is 3.70. The summed E-state index contributed by atoms with van der Waals surface area (Å²) in [5.74, 6) is 0. The number of sulfonamides is 1. The molecule has 0 aliphatic carbocycles. The van der Waals surface area contributed by atoms with Crippen LogP contribution in [0.1, 0.15) is 0 Å². The lowest BCUT2D eigenvalue weighted by Crippen LogP contribution is -2.50. The Morgan fingerprint density at radius 1 is 1.63 bits per heavy atom. The normalized spacial score (nSPS) is 21.3. The van der Waals surface area contributed by atoms with Crippen molar-refractivity contribution in [2.24, 2.45) is 0 Å². The number of nitrogens with zero attached hydrogens (tertiary/aromatic N) is 2. The second-order valence-electron chi connectivity index (χ2n) is 4.13. The monoisotopic (exact) mass is 287 g/mol. The number of aliphatic hydroxyl groups is 1. The summed E-state index contributed by atoms with van der Waals surface area (Å²) in [5.41, 5.74) is 0.436. The fraction of sp³-hybridized carbons (Fsp3) is 0.545. The third kappa shape index (κ3) is 2.71. The van der Waals surface area contributed by atoms with Crippen LogP contribution in [0.4, 0.5) is 5.69 Å². The highest BCUT2D eigenvalue weighted by Gasteiger charge is 2.35. The van der Waals surface area contributed by atoms with E-state index < -0.39 is 16.1 Å². The molecular formula is C11H17N3O4S. The van der Waals surface area contributed by atoms with Crippen LogP contribution in [0.5, 0.6) is 0 Å². The number of pyridine rings is 1. The van der Waals surface area contributed by atoms with Gasteiger partial charge in [0.05, 0.1) is 31.5 Å². The topological polar surface area (TPSA) is 91.8 Å². The van der Waals surface area contributed by atoms with Gasteiger partial charge in [0.1, 0.15) is 0 Å². The Bertz CT molecular complexity index is 534. The first-order chi connectivity index (χ1) is 9.11. The van der Waals surface area contributed by atoms with E-state index in [0.29, 0.717) is 12.3 Å². The van der Waals surface area contributed by atoms with Crippen LogP contribution in [-0.4, -0.2) is 62.3 Å². The van der Waals surface area contributed by atoms with Crippen molar-refractivity contribution in [2.75, 3.05) is 38.7 Å². The van der Waals surface area contributed by atoms with E-state index in [-0.39, 0.29) is 24.8 Å². The van der Waals surface area contributed by atoms with Crippen molar-refractivity contribution < 1.29 is 18.3 Å². The van der Waals surface area contributed by atoms with Crippen molar-refractivity contribution in [1.29, 1.82) is 0 Å². The van der Waals surface area contributed by atoms with Crippen LogP contribution >= 0.6 is 0 Å². The van der Waals surface area contributed by atoms with Crippen LogP contribution in [0.15, 0.2) is 23.4 Å². The standard InChI is InChI=1S/C11H17N3O4S/c1-12-10-3-2-4-13-11(10)19(16,17)14-5-6-18-8-9(14)7-15/h2-4,9,12,15H,5-8H2,1H3. The van der Waals surface area contributed by atoms with Crippen LogP contribution in [0, 0.1) is 0 Å². The van der Waals surface area contributed by atoms with Crippen LogP contribution < -0.4 is 5.32 Å². The van der Waals surface area contributed by atoms with Gasteiger partial charge in [-0.15, -0.1) is 0 Å². The summed E-state index contributed by atoms with van der Waals surface area (Å²) in [6, 6.07) is 2.74. The lowest BCUT2D eigenvalue weighted by atomic mass is 10.3. The molecule has 106 valence electrons. The number of aliphatic hydroxyl groups excluding tert-OH is 1. The summed E-state index contributed by atoms with van der Waals surface area (Å²) in [6.07, 6.45) is 1.43. The fourth-order valence-electron chi connectivity index (χ4n) is 2.00. The first kappa shape index (κ1) is 14.2. The Kier molecular flexibility index (Phi) is 4.35. The number of ether oxygens (including phenoxy) is 1. The van der Waals surface area contributed by atoms with Gasteiger partial charge < -0.3 is 15.2 Å². The minimum absolute atomic E-state index is 0.0298. The highest BCUT2D eigenvalue weighted by molar-refractivity contribution is 7.89. The largest absolute Gasteiger partial charge is 0.395 e. The van der Waals surface area contributed by atoms with E-state index in [1.54, 1.807) is 19.2 Å². The van der Waals surface area contributed by atoms with E-state index in [1.165, 1.54) is 10.5 Å². The SMILES string of the molecule is CNc1cccnc1S(=O)(=O)N1CCOCC1CO. The van der Waals surface area contributed by atoms with Gasteiger partial charge in [0, 0.05) is 19.8 Å². The average molecular weight is 287 g/mol. The Labute approximate surface area is 112 Å². The summed E-state index contributed by atoms with van der Waals surface area (Å²) in [7, 11) is -2.11. The number of hydrogen-bond acceptors (Lipinski definition) is 6. The van der Waals surface area contributed by atoms with Gasteiger partial charge in [0.15, 0.2) is 5.03 Å². The highest BCUT2D eigenvalue weighted by atomic mass is 32.2. The van der Waals surface area contributed by atoms with Crippen LogP contribution in [0.25, 0.3) is 0 Å². The van der Waals surface area contributed by atoms with Gasteiger partial charge in [0.2, 0.25) is 0 Å². The first-order valence-electron chi connectivity index (χ1n) is 5.94. The lowest BCUT2D eigenvalue weighted by molar-refractivity contribution is 0.0108. The maximum atomic E-state index is 12.6. The second-order valence-corrected chi connectivity index (χ2v) is 5.94. The van der Waals surface area contributed by atoms with E-state index >= 15 is 0 Å². The third-order valence-electron chi connectivity index (χ3n) is 2.98. The lowest BCUT2D eigenvalue weighted by Gasteiger charge is -2.33. The number of anilines is 1. The van der Waals surface area contributed by atoms with Crippen molar-refractivity contribution in [3.8, 4) is 0 Å². The highest BCUT2D eigenvalue weighted by Crippen LogP contribution is 2.24. The van der Waals surface area contributed by atoms with Gasteiger partial charge in [-0.25, -0.2) is 13.4 Å². The van der Waals surface area contributed by atoms with E-state index in [9.17, 15) is 13.5 Å². The maximum absolute atomic E-state index is 12.6. The Morgan fingerprint density at radius 3 is 3.11 bits per heavy atom. The molecule has 2 N–H and O–H groups in total. The number of aromatic nitrogens is 1. The van der Waals surface area contributed by atoms with Crippen LogP contribution in [0.2, 0.25) is 0 Å². The van der Waals surface area contributed by atoms with Gasteiger partial charge >= 0.3 is 0 Å². The molecule has 2 heterocycles. The molecule has 1 aromatic rings. The number of rotatable bonds is 4. The molecule has 0 radical (unpaired) electrons. The molecule has 0 aromatic carbocycles. The zero-order chi connectivity index (χ0) is 13.9. The molecule has 1 fully saturated rings. The van der Waals surface area contributed by atoms with Gasteiger partial charge in [-0.05, 0) is 12.1 Å². The summed E-state index contributed by atoms with van der Waals surface area (Å²) < 4.78 is 31.6. The van der Waals surface area contributed by atoms with Gasteiger partial charge in [-0.1, -0.05) is 0 Å². The number of nitrogens with one attached hydrogen (secondary N) is 1. The predicted octanol–water partition coefficient (Wildman–Crippen LogP) is -0.495. The molecule has 8 heteroatoms. The van der Waals surface area contributed by atoms with Gasteiger partial charge in [-0.3, -0.25) is 0 Å². The molecule has 0 amide bonds. The molecule has 1 atom stereocenters. The Balaban J connectivity index is 2.40. The van der Waals surface area contributed by atoms with Crippen molar-refractivity contribution >= 4 is 15.7 Å². The molecule has 0 bridgehead atoms. The number of morpholine rings is 1. The van der Waals surface area contributed by atoms with Crippen molar-refractivity contribution in [3.63, 3.8) is 0 Å². The van der Waals surface area contributed by atoms with Crippen molar-refractivity contribution in [1.82, 2.24) is 9.29 Å². The molecule has 19 heavy (non-hydrogen) atoms. The molecule has 1 aliphatic heterocycles. The second kappa shape index (κ2) is 5.83. The quantitative estimate of drug-likeness (QED) is 0.776. The first-order valence-corrected chi connectivity index (χ1v) is 7.38. The minimum Gasteiger partial charge on any atom is -0.395 e. The molecule has 0 spiro atoms. The molecule has 2 rings (SSSR count). The zero-order valence-electron chi connectivity index (χ0n) is 10.6. The third-order valence-corrected chi connectivity index (χ3v) is 4.89. The van der Waals surface area contributed by atoms with Gasteiger partial charge in [0.25, 0.3) is 10.0 Å². The molecule has 1 aliphatic rings. The summed E-state index contributed by atoms with van der Waals surface area (Å²) >= 11 is 0. The Morgan fingerprint density at radius 2 is 2.42 bits per heavy atom. The predicted molar refractivity (Wildman–Crippen MR) is 69.4 cm³/mol.